The molecular weight excluding hydrogens is 344 g/mol. The first-order chi connectivity index (χ1) is 12.8. The third-order valence-corrected chi connectivity index (χ3v) is 5.18. The van der Waals surface area contributed by atoms with Crippen LogP contribution in [0.2, 0.25) is 0 Å². The Kier molecular flexibility index (Phi) is 5.16. The normalized spacial score (nSPS) is 18.9. The van der Waals surface area contributed by atoms with Gasteiger partial charge in [0.1, 0.15) is 6.10 Å². The van der Waals surface area contributed by atoms with Gasteiger partial charge in [-0.1, -0.05) is 0 Å². The number of rotatable bonds is 6. The lowest BCUT2D eigenvalue weighted by molar-refractivity contribution is -0.119. The lowest BCUT2D eigenvalue weighted by atomic mass is 10.0. The minimum Gasteiger partial charge on any atom is -0.474 e. The Bertz CT molecular complexity index is 916. The molecule has 2 aromatic rings. The van der Waals surface area contributed by atoms with Gasteiger partial charge in [0.05, 0.1) is 16.6 Å². The number of hydrazone groups is 1. The van der Waals surface area contributed by atoms with E-state index in [-0.39, 0.29) is 17.9 Å². The zero-order valence-electron chi connectivity index (χ0n) is 16.5. The van der Waals surface area contributed by atoms with Gasteiger partial charge in [0.2, 0.25) is 11.8 Å². The summed E-state index contributed by atoms with van der Waals surface area (Å²) in [6.45, 7) is 10.1. The predicted octanol–water partition coefficient (Wildman–Crippen LogP) is 2.17. The van der Waals surface area contributed by atoms with Crippen molar-refractivity contribution in [3.63, 3.8) is 0 Å². The topological polar surface area (TPSA) is 84.6 Å². The molecule has 1 N–H and O–H groups in total. The van der Waals surface area contributed by atoms with Gasteiger partial charge in [-0.05, 0) is 32.4 Å². The number of amides is 1. The Morgan fingerprint density at radius 2 is 2.26 bits per heavy atom. The number of allylic oxidation sites excluding steroid dienone is 2. The number of fused-ring (bicyclic) bond motifs is 1. The van der Waals surface area contributed by atoms with Gasteiger partial charge >= 0.3 is 0 Å². The highest BCUT2D eigenvalue weighted by Gasteiger charge is 2.29. The average Bonchev–Trinajstić information content (AvgIpc) is 3.24. The minimum absolute atomic E-state index is 0.0676. The highest BCUT2D eigenvalue weighted by Crippen LogP contribution is 2.30. The maximum Gasteiger partial charge on any atom is 0.225 e. The second kappa shape index (κ2) is 7.38. The molecule has 3 rings (SSSR count). The maximum atomic E-state index is 11.5. The standard InChI is InChI=1S/C19H26N6O2/c1-11(12(2)25(6)20-4)16-8-17-15(10-24(5)23-17)19(22-16)27-13(3)14-7-18(26)21-9-14/h8,10,13-14H,4,7,9H2,1-3,5-6H3,(H,21,26)/b12-11+/t13-,14-/m1/s1. The van der Waals surface area contributed by atoms with Gasteiger partial charge in [-0.3, -0.25) is 14.5 Å². The fourth-order valence-corrected chi connectivity index (χ4v) is 3.16. The van der Waals surface area contributed by atoms with Crippen molar-refractivity contribution >= 4 is 29.1 Å². The molecule has 1 saturated heterocycles. The van der Waals surface area contributed by atoms with E-state index in [0.717, 1.165) is 27.9 Å². The monoisotopic (exact) mass is 370 g/mol. The molecule has 0 unspecified atom stereocenters. The number of ether oxygens (including phenoxy) is 1. The van der Waals surface area contributed by atoms with Crippen LogP contribution >= 0.6 is 0 Å². The number of carbonyl (C=O) groups excluding carboxylic acids is 1. The van der Waals surface area contributed by atoms with Crippen LogP contribution in [0.4, 0.5) is 0 Å². The molecule has 27 heavy (non-hydrogen) atoms. The van der Waals surface area contributed by atoms with Crippen LogP contribution in [0, 0.1) is 5.92 Å². The van der Waals surface area contributed by atoms with E-state index in [4.69, 9.17) is 9.72 Å². The fraction of sp³-hybridized carbons (Fsp3) is 0.474. The van der Waals surface area contributed by atoms with Crippen molar-refractivity contribution < 1.29 is 9.53 Å². The summed E-state index contributed by atoms with van der Waals surface area (Å²) in [5.74, 6) is 0.728. The van der Waals surface area contributed by atoms with Gasteiger partial charge < -0.3 is 10.1 Å². The molecule has 0 saturated carbocycles. The quantitative estimate of drug-likeness (QED) is 0.622. The van der Waals surface area contributed by atoms with Crippen molar-refractivity contribution in [2.45, 2.75) is 33.3 Å². The predicted molar refractivity (Wildman–Crippen MR) is 105 cm³/mol. The van der Waals surface area contributed by atoms with E-state index < -0.39 is 0 Å². The lowest BCUT2D eigenvalue weighted by Crippen LogP contribution is -2.26. The Labute approximate surface area is 158 Å². The Morgan fingerprint density at radius 1 is 1.52 bits per heavy atom. The lowest BCUT2D eigenvalue weighted by Gasteiger charge is -2.20. The van der Waals surface area contributed by atoms with Crippen molar-refractivity contribution in [3.8, 4) is 5.88 Å². The summed E-state index contributed by atoms with van der Waals surface area (Å²) in [6, 6.07) is 1.95. The molecule has 1 amide bonds. The molecule has 8 nitrogen and oxygen atoms in total. The third-order valence-electron chi connectivity index (χ3n) is 5.18. The summed E-state index contributed by atoms with van der Waals surface area (Å²) in [5, 5.41) is 13.9. The van der Waals surface area contributed by atoms with Crippen LogP contribution in [0.3, 0.4) is 0 Å². The molecule has 0 aliphatic carbocycles. The number of aromatic nitrogens is 3. The van der Waals surface area contributed by atoms with Crippen molar-refractivity contribution in [1.29, 1.82) is 0 Å². The number of hydrogen-bond donors (Lipinski definition) is 1. The first kappa shape index (κ1) is 18.9. The Hall–Kier alpha value is -2.90. The van der Waals surface area contributed by atoms with E-state index in [1.54, 1.807) is 9.69 Å². The number of pyridine rings is 1. The first-order valence-electron chi connectivity index (χ1n) is 8.96. The van der Waals surface area contributed by atoms with Crippen molar-refractivity contribution in [3.05, 3.63) is 23.7 Å². The summed E-state index contributed by atoms with van der Waals surface area (Å²) in [6.07, 6.45) is 2.23. The van der Waals surface area contributed by atoms with Crippen molar-refractivity contribution in [2.75, 3.05) is 13.6 Å². The molecule has 8 heteroatoms. The largest absolute Gasteiger partial charge is 0.474 e. The van der Waals surface area contributed by atoms with Gasteiger partial charge in [0.25, 0.3) is 0 Å². The van der Waals surface area contributed by atoms with Crippen molar-refractivity contribution in [2.24, 2.45) is 18.1 Å². The zero-order valence-corrected chi connectivity index (χ0v) is 16.5. The molecule has 2 aromatic heterocycles. The van der Waals surface area contributed by atoms with E-state index in [2.05, 4.69) is 22.2 Å². The summed E-state index contributed by atoms with van der Waals surface area (Å²) in [7, 11) is 3.71. The van der Waals surface area contributed by atoms with Crippen LogP contribution in [-0.4, -0.2) is 52.1 Å². The van der Waals surface area contributed by atoms with E-state index >= 15 is 0 Å². The molecule has 0 spiro atoms. The van der Waals surface area contributed by atoms with E-state index in [9.17, 15) is 4.79 Å². The molecule has 0 aromatic carbocycles. The van der Waals surface area contributed by atoms with E-state index in [1.165, 1.54) is 0 Å². The average molecular weight is 370 g/mol. The summed E-state index contributed by atoms with van der Waals surface area (Å²) < 4.78 is 7.95. The molecule has 0 bridgehead atoms. The van der Waals surface area contributed by atoms with Gasteiger partial charge in [0.15, 0.2) is 0 Å². The fourth-order valence-electron chi connectivity index (χ4n) is 3.16. The number of carbonyl (C=O) groups is 1. The zero-order chi connectivity index (χ0) is 19.7. The van der Waals surface area contributed by atoms with Gasteiger partial charge in [0, 0.05) is 51.6 Å². The van der Waals surface area contributed by atoms with Crippen LogP contribution in [0.25, 0.3) is 16.5 Å². The molecule has 144 valence electrons. The molecule has 1 fully saturated rings. The third kappa shape index (κ3) is 3.79. The van der Waals surface area contributed by atoms with Crippen LogP contribution in [0.1, 0.15) is 32.9 Å². The SMILES string of the molecule is C=NN(C)/C(C)=C(\C)c1cc2nn(C)cc2c(O[C@H](C)[C@H]2CNC(=O)C2)n1. The maximum absolute atomic E-state index is 11.5. The second-order valence-corrected chi connectivity index (χ2v) is 7.01. The van der Waals surface area contributed by atoms with Crippen LogP contribution in [0.15, 0.2) is 23.1 Å². The highest BCUT2D eigenvalue weighted by molar-refractivity contribution is 5.86. The minimum atomic E-state index is -0.141. The smallest absolute Gasteiger partial charge is 0.225 e. The van der Waals surface area contributed by atoms with E-state index in [0.29, 0.717) is 18.8 Å². The second-order valence-electron chi connectivity index (χ2n) is 7.01. The number of nitrogens with one attached hydrogen (secondary N) is 1. The molecule has 2 atom stereocenters. The van der Waals surface area contributed by atoms with Crippen LogP contribution in [0.5, 0.6) is 5.88 Å². The molecule has 3 heterocycles. The van der Waals surface area contributed by atoms with Crippen LogP contribution in [-0.2, 0) is 11.8 Å². The van der Waals surface area contributed by atoms with Gasteiger partial charge in [-0.15, -0.1) is 0 Å². The number of nitrogens with zero attached hydrogens (tertiary/aromatic N) is 5. The van der Waals surface area contributed by atoms with Gasteiger partial charge in [-0.2, -0.15) is 10.2 Å². The Balaban J connectivity index is 2.00. The molecule has 1 aliphatic rings. The molecule has 1 aliphatic heterocycles. The van der Waals surface area contributed by atoms with Crippen molar-refractivity contribution in [1.82, 2.24) is 25.1 Å². The highest BCUT2D eigenvalue weighted by atomic mass is 16.5. The first-order valence-corrected chi connectivity index (χ1v) is 8.96. The van der Waals surface area contributed by atoms with E-state index in [1.807, 2.05) is 47.1 Å². The summed E-state index contributed by atoms with van der Waals surface area (Å²) in [5.41, 5.74) is 3.49. The van der Waals surface area contributed by atoms with Gasteiger partial charge in [-0.25, -0.2) is 4.98 Å². The number of hydrogen-bond acceptors (Lipinski definition) is 6. The molecule has 0 radical (unpaired) electrons. The summed E-state index contributed by atoms with van der Waals surface area (Å²) in [4.78, 5) is 16.3. The summed E-state index contributed by atoms with van der Waals surface area (Å²) >= 11 is 0. The Morgan fingerprint density at radius 3 is 2.89 bits per heavy atom. The number of aryl methyl sites for hydroxylation is 1. The molecular formula is C19H26N6O2. The van der Waals surface area contributed by atoms with Crippen LogP contribution < -0.4 is 10.1 Å².